The second kappa shape index (κ2) is 11.2. The molecular formula is C46H41N2O2+. The van der Waals surface area contributed by atoms with Crippen molar-refractivity contribution >= 4 is 54.9 Å². The van der Waals surface area contributed by atoms with Crippen LogP contribution in [-0.2, 0) is 7.05 Å². The number of nitrogens with zero attached hydrogens (tertiary/aromatic N) is 2. The molecule has 0 radical (unpaired) electrons. The molecule has 0 aliphatic carbocycles. The van der Waals surface area contributed by atoms with Gasteiger partial charge in [-0.1, -0.05) is 107 Å². The van der Waals surface area contributed by atoms with Gasteiger partial charge in [0.2, 0.25) is 0 Å². The van der Waals surface area contributed by atoms with E-state index in [4.69, 9.17) is 12.9 Å². The van der Waals surface area contributed by atoms with Crippen molar-refractivity contribution in [2.75, 3.05) is 0 Å². The smallest absolute Gasteiger partial charge is 0.299 e. The predicted molar refractivity (Wildman–Crippen MR) is 208 cm³/mol. The Labute approximate surface area is 299 Å². The summed E-state index contributed by atoms with van der Waals surface area (Å²) in [5.74, 6) is -1.26. The monoisotopic (exact) mass is 658 g/mol. The Morgan fingerprint density at radius 2 is 1.36 bits per heavy atom. The average Bonchev–Trinajstić information content (AvgIpc) is 3.79. The molecule has 246 valence electrons. The van der Waals surface area contributed by atoms with Crippen LogP contribution in [0.2, 0.25) is 0 Å². The number of aryl methyl sites for hydroxylation is 3. The molecule has 0 saturated carbocycles. The standard InChI is InChI=1S/C46H41N2O2/c1-26(2)31-15-12-16-32(27(3)4)43(31)48-38-20-10-9-19-37(38)47(7)46(48)42-29(6)24-28(5)41-36-25-30(22-23-40(36)50-45(41)42)33-17-13-18-35-34-14-8-11-21-39(34)49-44(33)35/h8-27H,1-7H3/q+1/i5D3,26D,27D. The van der Waals surface area contributed by atoms with Gasteiger partial charge in [0, 0.05) is 45.1 Å². The van der Waals surface area contributed by atoms with Crippen molar-refractivity contribution in [3.05, 3.63) is 131 Å². The van der Waals surface area contributed by atoms with Crippen LogP contribution in [0.25, 0.3) is 83.1 Å². The van der Waals surface area contributed by atoms with E-state index in [1.54, 1.807) is 6.07 Å². The molecule has 0 spiro atoms. The van der Waals surface area contributed by atoms with E-state index in [1.165, 1.54) is 0 Å². The number of benzene rings is 6. The first-order valence-electron chi connectivity index (χ1n) is 19.6. The lowest BCUT2D eigenvalue weighted by atomic mass is 9.92. The summed E-state index contributed by atoms with van der Waals surface area (Å²) in [5, 5.41) is 3.27. The lowest BCUT2D eigenvalue weighted by molar-refractivity contribution is -0.633. The summed E-state index contributed by atoms with van der Waals surface area (Å²) in [7, 11) is 2.01. The maximum Gasteiger partial charge on any atom is 0.299 e. The minimum atomic E-state index is -2.44. The summed E-state index contributed by atoms with van der Waals surface area (Å²) >= 11 is 0. The van der Waals surface area contributed by atoms with Crippen LogP contribution in [0.5, 0.6) is 0 Å². The van der Waals surface area contributed by atoms with Gasteiger partial charge in [0.15, 0.2) is 16.6 Å². The third-order valence-corrected chi connectivity index (χ3v) is 10.2. The summed E-state index contributed by atoms with van der Waals surface area (Å²) < 4.78 is 62.4. The highest BCUT2D eigenvalue weighted by Crippen LogP contribution is 2.44. The highest BCUT2D eigenvalue weighted by atomic mass is 16.3. The normalized spacial score (nSPS) is 14.4. The van der Waals surface area contributed by atoms with E-state index < -0.39 is 18.6 Å². The largest absolute Gasteiger partial charge is 0.455 e. The molecule has 0 fully saturated rings. The number of furan rings is 2. The molecule has 0 amide bonds. The zero-order valence-electron chi connectivity index (χ0n) is 34.1. The molecule has 0 aliphatic heterocycles. The fourth-order valence-corrected chi connectivity index (χ4v) is 7.91. The molecule has 0 N–H and O–H groups in total. The van der Waals surface area contributed by atoms with Crippen LogP contribution in [0.4, 0.5) is 0 Å². The molecule has 6 aromatic carbocycles. The number of fused-ring (bicyclic) bond motifs is 7. The summed E-state index contributed by atoms with van der Waals surface area (Å²) in [4.78, 5) is 0. The molecular weight excluding hydrogens is 613 g/mol. The van der Waals surface area contributed by atoms with Gasteiger partial charge < -0.3 is 8.83 Å². The van der Waals surface area contributed by atoms with Crippen molar-refractivity contribution in [1.29, 1.82) is 0 Å². The molecule has 9 aromatic rings. The fourth-order valence-electron chi connectivity index (χ4n) is 7.91. The maximum absolute atomic E-state index is 9.30. The van der Waals surface area contributed by atoms with Crippen molar-refractivity contribution < 1.29 is 20.3 Å². The number of hydrogen-bond donors (Lipinski definition) is 0. The average molecular weight is 659 g/mol. The Bertz CT molecular complexity index is 2990. The van der Waals surface area contributed by atoms with Crippen LogP contribution in [0.3, 0.4) is 0 Å². The molecule has 9 rings (SSSR count). The van der Waals surface area contributed by atoms with E-state index in [2.05, 4.69) is 33.4 Å². The first-order valence-corrected chi connectivity index (χ1v) is 17.1. The summed E-state index contributed by atoms with van der Waals surface area (Å²) in [6.07, 6.45) is 0. The topological polar surface area (TPSA) is 35.1 Å². The molecule has 50 heavy (non-hydrogen) atoms. The zero-order chi connectivity index (χ0) is 38.8. The van der Waals surface area contributed by atoms with Crippen LogP contribution < -0.4 is 4.57 Å². The van der Waals surface area contributed by atoms with Crippen LogP contribution in [0.15, 0.2) is 118 Å². The molecule has 0 saturated heterocycles. The quantitative estimate of drug-likeness (QED) is 0.173. The predicted octanol–water partition coefficient (Wildman–Crippen LogP) is 12.5. The van der Waals surface area contributed by atoms with Crippen LogP contribution in [0.1, 0.15) is 68.6 Å². The van der Waals surface area contributed by atoms with Crippen LogP contribution in [-0.4, -0.2) is 4.57 Å². The molecule has 3 heterocycles. The number of aromatic nitrogens is 2. The van der Waals surface area contributed by atoms with Crippen molar-refractivity contribution in [2.24, 2.45) is 7.05 Å². The van der Waals surface area contributed by atoms with Gasteiger partial charge in [-0.15, -0.1) is 0 Å². The Morgan fingerprint density at radius 3 is 2.14 bits per heavy atom. The van der Waals surface area contributed by atoms with E-state index in [0.29, 0.717) is 21.9 Å². The second-order valence-electron chi connectivity index (χ2n) is 13.8. The maximum atomic E-state index is 9.30. The molecule has 0 unspecified atom stereocenters. The Morgan fingerprint density at radius 1 is 0.680 bits per heavy atom. The fraction of sp³-hybridized carbons (Fsp3) is 0.196. The summed E-state index contributed by atoms with van der Waals surface area (Å²) in [5.41, 5.74) is 10.2. The molecule has 4 heteroatoms. The molecule has 0 aliphatic rings. The first kappa shape index (κ1) is 25.4. The Kier molecular flexibility index (Phi) is 5.69. The second-order valence-corrected chi connectivity index (χ2v) is 13.8. The lowest BCUT2D eigenvalue weighted by Gasteiger charge is -2.18. The Balaban J connectivity index is 1.41. The third kappa shape index (κ3) is 4.34. The molecule has 3 aromatic heterocycles. The SMILES string of the molecule is [2H]C([2H])([2H])c1cc(C)c(-c2n(-c3c(C([2H])(C)C)cccc3C([2H])(C)C)c3ccccc3[n+]2C)c2oc3ccc(-c4cccc5c4oc4ccccc45)cc3c12. The van der Waals surface area contributed by atoms with Crippen molar-refractivity contribution in [2.45, 2.75) is 53.3 Å². The number of rotatable bonds is 5. The van der Waals surface area contributed by atoms with E-state index >= 15 is 0 Å². The van der Waals surface area contributed by atoms with Gasteiger partial charge in [-0.25, -0.2) is 4.57 Å². The Hall–Kier alpha value is -5.61. The van der Waals surface area contributed by atoms with Crippen LogP contribution in [0, 0.1) is 13.8 Å². The van der Waals surface area contributed by atoms with Gasteiger partial charge in [-0.3, -0.25) is 0 Å². The molecule has 4 nitrogen and oxygen atoms in total. The van der Waals surface area contributed by atoms with Gasteiger partial charge >= 0.3 is 0 Å². The van der Waals surface area contributed by atoms with Gasteiger partial charge in [-0.2, -0.15) is 4.57 Å². The van der Waals surface area contributed by atoms with Gasteiger partial charge in [0.25, 0.3) is 5.82 Å². The van der Waals surface area contributed by atoms with Crippen molar-refractivity contribution in [3.63, 3.8) is 0 Å². The van der Waals surface area contributed by atoms with E-state index in [0.717, 1.165) is 77.9 Å². The highest BCUT2D eigenvalue weighted by molar-refractivity contribution is 6.14. The minimum Gasteiger partial charge on any atom is -0.455 e. The first-order chi connectivity index (χ1) is 26.0. The van der Waals surface area contributed by atoms with Gasteiger partial charge in [-0.05, 0) is 72.6 Å². The lowest BCUT2D eigenvalue weighted by Crippen LogP contribution is -2.30. The summed E-state index contributed by atoms with van der Waals surface area (Å²) in [6, 6.07) is 35.8. The highest BCUT2D eigenvalue weighted by Gasteiger charge is 2.34. The van der Waals surface area contributed by atoms with E-state index in [9.17, 15) is 2.74 Å². The van der Waals surface area contributed by atoms with Gasteiger partial charge in [0.05, 0.1) is 7.05 Å². The van der Waals surface area contributed by atoms with Crippen molar-refractivity contribution in [1.82, 2.24) is 4.57 Å². The van der Waals surface area contributed by atoms with E-state index in [-0.39, 0.29) is 5.56 Å². The summed E-state index contributed by atoms with van der Waals surface area (Å²) in [6.45, 7) is 6.98. The number of imidazole rings is 1. The zero-order valence-corrected chi connectivity index (χ0v) is 29.1. The third-order valence-electron chi connectivity index (χ3n) is 10.2. The van der Waals surface area contributed by atoms with E-state index in [1.807, 2.05) is 121 Å². The van der Waals surface area contributed by atoms with Crippen LogP contribution >= 0.6 is 0 Å². The molecule has 0 atom stereocenters. The number of para-hydroxylation sites is 5. The minimum absolute atomic E-state index is 0.215. The molecule has 0 bridgehead atoms. The number of hydrogen-bond acceptors (Lipinski definition) is 2. The van der Waals surface area contributed by atoms with Gasteiger partial charge in [0.1, 0.15) is 28.0 Å². The van der Waals surface area contributed by atoms with Crippen molar-refractivity contribution in [3.8, 4) is 28.2 Å².